The molecule has 0 unspecified atom stereocenters. The monoisotopic (exact) mass is 308 g/mol. The molecule has 2 aromatic carbocycles. The molecule has 0 radical (unpaired) electrons. The zero-order valence-electron chi connectivity index (χ0n) is 12.5. The van der Waals surface area contributed by atoms with E-state index in [4.69, 9.17) is 0 Å². The van der Waals surface area contributed by atoms with Crippen LogP contribution in [0.1, 0.15) is 22.7 Å². The quantitative estimate of drug-likeness (QED) is 0.781. The summed E-state index contributed by atoms with van der Waals surface area (Å²) in [5, 5.41) is 14.5. The molecule has 0 amide bonds. The molecular weight excluding hydrogens is 291 g/mol. The van der Waals surface area contributed by atoms with Gasteiger partial charge in [0.15, 0.2) is 0 Å². The van der Waals surface area contributed by atoms with Crippen molar-refractivity contribution in [3.05, 3.63) is 77.2 Å². The van der Waals surface area contributed by atoms with E-state index in [0.29, 0.717) is 13.0 Å². The molecule has 4 heteroatoms. The van der Waals surface area contributed by atoms with Gasteiger partial charge in [-0.2, -0.15) is 0 Å². The lowest BCUT2D eigenvalue weighted by Gasteiger charge is -2.18. The Balaban J connectivity index is 1.63. The largest absolute Gasteiger partial charge is 0.391 e. The van der Waals surface area contributed by atoms with Crippen LogP contribution < -0.4 is 5.32 Å². The first kappa shape index (κ1) is 14.3. The number of nitrogens with one attached hydrogen (secondary N) is 1. The summed E-state index contributed by atoms with van der Waals surface area (Å²) in [7, 11) is 0. The Hall–Kier alpha value is -2.30. The van der Waals surface area contributed by atoms with E-state index in [1.807, 2.05) is 30.3 Å². The molecular formula is C19H17FN2O. The second-order valence-corrected chi connectivity index (χ2v) is 5.97. The summed E-state index contributed by atoms with van der Waals surface area (Å²) in [4.78, 5) is 4.36. The third-order valence-corrected chi connectivity index (χ3v) is 4.47. The van der Waals surface area contributed by atoms with Gasteiger partial charge in [-0.1, -0.05) is 30.3 Å². The smallest absolute Gasteiger partial charge is 0.124 e. The fourth-order valence-electron chi connectivity index (χ4n) is 3.40. The van der Waals surface area contributed by atoms with Gasteiger partial charge in [0.25, 0.3) is 0 Å². The van der Waals surface area contributed by atoms with E-state index in [0.717, 1.165) is 22.0 Å². The van der Waals surface area contributed by atoms with E-state index in [9.17, 15) is 9.50 Å². The molecule has 0 aliphatic heterocycles. The Morgan fingerprint density at radius 2 is 2.04 bits per heavy atom. The van der Waals surface area contributed by atoms with Crippen molar-refractivity contribution in [2.75, 3.05) is 0 Å². The number of benzene rings is 2. The van der Waals surface area contributed by atoms with Crippen molar-refractivity contribution < 1.29 is 9.50 Å². The molecule has 1 aliphatic carbocycles. The van der Waals surface area contributed by atoms with Crippen LogP contribution in [0.4, 0.5) is 4.39 Å². The van der Waals surface area contributed by atoms with Crippen molar-refractivity contribution in [1.29, 1.82) is 0 Å². The number of aliphatic hydroxyl groups excluding tert-OH is 1. The lowest BCUT2D eigenvalue weighted by molar-refractivity contribution is 0.140. The Morgan fingerprint density at radius 3 is 2.96 bits per heavy atom. The van der Waals surface area contributed by atoms with Gasteiger partial charge in [0.05, 0.1) is 17.7 Å². The average Bonchev–Trinajstić information content (AvgIpc) is 2.87. The van der Waals surface area contributed by atoms with E-state index in [-0.39, 0.29) is 11.9 Å². The molecule has 0 fully saturated rings. The summed E-state index contributed by atoms with van der Waals surface area (Å²) >= 11 is 0. The average molecular weight is 308 g/mol. The summed E-state index contributed by atoms with van der Waals surface area (Å²) < 4.78 is 13.8. The van der Waals surface area contributed by atoms with Gasteiger partial charge in [0.2, 0.25) is 0 Å². The fraction of sp³-hybridized carbons (Fsp3) is 0.211. The van der Waals surface area contributed by atoms with Crippen LogP contribution in [0.3, 0.4) is 0 Å². The van der Waals surface area contributed by atoms with Crippen LogP contribution >= 0.6 is 0 Å². The zero-order chi connectivity index (χ0) is 15.8. The van der Waals surface area contributed by atoms with Crippen LogP contribution in [0.25, 0.3) is 10.9 Å². The molecule has 23 heavy (non-hydrogen) atoms. The molecule has 1 heterocycles. The molecule has 0 saturated carbocycles. The van der Waals surface area contributed by atoms with Crippen molar-refractivity contribution in [2.24, 2.45) is 0 Å². The highest BCUT2D eigenvalue weighted by atomic mass is 19.1. The summed E-state index contributed by atoms with van der Waals surface area (Å²) in [6.07, 6.45) is 1.90. The number of aliphatic hydroxyl groups is 1. The number of nitrogens with zero attached hydrogens (tertiary/aromatic N) is 1. The van der Waals surface area contributed by atoms with E-state index in [1.54, 1.807) is 12.3 Å². The Kier molecular flexibility index (Phi) is 3.56. The van der Waals surface area contributed by atoms with Crippen molar-refractivity contribution in [3.8, 4) is 0 Å². The lowest BCUT2D eigenvalue weighted by atomic mass is 10.1. The Bertz CT molecular complexity index is 865. The third kappa shape index (κ3) is 2.60. The standard InChI is InChI=1S/C19H17FN2O/c20-15-8-13-5-3-7-21-18(13)14(9-15)11-22-19-16-6-2-1-4-12(16)10-17(19)23/h1-9,17,19,22-23H,10-11H2/t17-,19+/m0/s1. The van der Waals surface area contributed by atoms with Gasteiger partial charge >= 0.3 is 0 Å². The summed E-state index contributed by atoms with van der Waals surface area (Å²) in [5.41, 5.74) is 3.88. The maximum absolute atomic E-state index is 13.8. The first-order valence-corrected chi connectivity index (χ1v) is 7.75. The molecule has 0 saturated heterocycles. The molecule has 3 aromatic rings. The fourth-order valence-corrected chi connectivity index (χ4v) is 3.40. The summed E-state index contributed by atoms with van der Waals surface area (Å²) in [5.74, 6) is -0.269. The van der Waals surface area contributed by atoms with Crippen LogP contribution in [0.15, 0.2) is 54.7 Å². The highest BCUT2D eigenvalue weighted by Crippen LogP contribution is 2.31. The minimum Gasteiger partial charge on any atom is -0.391 e. The second-order valence-electron chi connectivity index (χ2n) is 5.97. The maximum Gasteiger partial charge on any atom is 0.124 e. The van der Waals surface area contributed by atoms with Crippen molar-refractivity contribution >= 4 is 10.9 Å². The highest BCUT2D eigenvalue weighted by Gasteiger charge is 2.30. The van der Waals surface area contributed by atoms with E-state index in [2.05, 4.69) is 10.3 Å². The third-order valence-electron chi connectivity index (χ3n) is 4.47. The normalized spacial score (nSPS) is 19.9. The molecule has 3 nitrogen and oxygen atoms in total. The van der Waals surface area contributed by atoms with Crippen molar-refractivity contribution in [3.63, 3.8) is 0 Å². The van der Waals surface area contributed by atoms with Crippen LogP contribution in [-0.4, -0.2) is 16.2 Å². The number of fused-ring (bicyclic) bond motifs is 2. The predicted octanol–water partition coefficient (Wildman–Crippen LogP) is 3.12. The molecule has 2 atom stereocenters. The Labute approximate surface area is 133 Å². The number of rotatable bonds is 3. The minimum atomic E-state index is -0.458. The highest BCUT2D eigenvalue weighted by molar-refractivity contribution is 5.81. The molecule has 1 aromatic heterocycles. The summed E-state index contributed by atoms with van der Waals surface area (Å²) in [6, 6.07) is 14.6. The van der Waals surface area contributed by atoms with Gasteiger partial charge in [0, 0.05) is 24.5 Å². The number of aromatic nitrogens is 1. The molecule has 116 valence electrons. The van der Waals surface area contributed by atoms with Crippen molar-refractivity contribution in [1.82, 2.24) is 10.3 Å². The SMILES string of the molecule is O[C@H]1Cc2ccccc2[C@H]1NCc1cc(F)cc2cccnc12. The second kappa shape index (κ2) is 5.72. The minimum absolute atomic E-state index is 0.131. The van der Waals surface area contributed by atoms with Gasteiger partial charge < -0.3 is 10.4 Å². The first-order valence-electron chi connectivity index (χ1n) is 7.75. The number of pyridine rings is 1. The van der Waals surface area contributed by atoms with Crippen molar-refractivity contribution in [2.45, 2.75) is 25.1 Å². The zero-order valence-corrected chi connectivity index (χ0v) is 12.5. The molecule has 2 N–H and O–H groups in total. The number of halogens is 1. The molecule has 0 spiro atoms. The van der Waals surface area contributed by atoms with E-state index in [1.165, 1.54) is 17.7 Å². The van der Waals surface area contributed by atoms with Gasteiger partial charge in [-0.3, -0.25) is 4.98 Å². The Morgan fingerprint density at radius 1 is 1.17 bits per heavy atom. The maximum atomic E-state index is 13.8. The first-order chi connectivity index (χ1) is 11.2. The number of hydrogen-bond donors (Lipinski definition) is 2. The molecule has 4 rings (SSSR count). The summed E-state index contributed by atoms with van der Waals surface area (Å²) in [6.45, 7) is 0.460. The van der Waals surface area contributed by atoms with Crippen LogP contribution in [-0.2, 0) is 13.0 Å². The molecule has 1 aliphatic rings. The predicted molar refractivity (Wildman–Crippen MR) is 87.4 cm³/mol. The van der Waals surface area contributed by atoms with Gasteiger partial charge in [0.1, 0.15) is 5.82 Å². The van der Waals surface area contributed by atoms with E-state index >= 15 is 0 Å². The topological polar surface area (TPSA) is 45.1 Å². The van der Waals surface area contributed by atoms with Gasteiger partial charge in [-0.25, -0.2) is 4.39 Å². The molecule has 0 bridgehead atoms. The van der Waals surface area contributed by atoms with E-state index < -0.39 is 6.10 Å². The number of hydrogen-bond acceptors (Lipinski definition) is 3. The van der Waals surface area contributed by atoms with Gasteiger partial charge in [-0.15, -0.1) is 0 Å². The van der Waals surface area contributed by atoms with Crippen LogP contribution in [0.5, 0.6) is 0 Å². The lowest BCUT2D eigenvalue weighted by Crippen LogP contribution is -2.28. The van der Waals surface area contributed by atoms with Crippen LogP contribution in [0, 0.1) is 5.82 Å². The van der Waals surface area contributed by atoms with Crippen LogP contribution in [0.2, 0.25) is 0 Å². The van der Waals surface area contributed by atoms with Gasteiger partial charge in [-0.05, 0) is 34.9 Å².